The van der Waals surface area contributed by atoms with Gasteiger partial charge in [0.05, 0.1) is 12.7 Å². The van der Waals surface area contributed by atoms with E-state index in [0.717, 1.165) is 5.56 Å². The molecule has 1 aromatic heterocycles. The Balaban J connectivity index is 2.54. The second kappa shape index (κ2) is 5.95. The summed E-state index contributed by atoms with van der Waals surface area (Å²) in [6.45, 7) is 2.32. The molecule has 2 N–H and O–H groups in total. The van der Waals surface area contributed by atoms with Crippen molar-refractivity contribution in [2.24, 2.45) is 5.73 Å². The normalized spacial score (nSPS) is 10.5. The topological polar surface area (TPSA) is 73.9 Å². The van der Waals surface area contributed by atoms with Crippen molar-refractivity contribution in [1.82, 2.24) is 15.0 Å². The molecule has 1 aromatic carbocycles. The van der Waals surface area contributed by atoms with E-state index in [0.29, 0.717) is 41.2 Å². The number of hydrogen-bond donors (Lipinski definition) is 1. The number of benzene rings is 1. The average molecular weight is 279 g/mol. The number of nitrogens with zero attached hydrogens (tertiary/aromatic N) is 3. The van der Waals surface area contributed by atoms with Crippen molar-refractivity contribution in [2.45, 2.75) is 13.3 Å². The van der Waals surface area contributed by atoms with Crippen LogP contribution in [0.5, 0.6) is 5.75 Å². The van der Waals surface area contributed by atoms with Gasteiger partial charge in [-0.3, -0.25) is 0 Å². The molecule has 0 unspecified atom stereocenters. The van der Waals surface area contributed by atoms with Crippen molar-refractivity contribution in [1.29, 1.82) is 0 Å². The molecule has 0 atom stereocenters. The maximum atomic E-state index is 6.02. The Morgan fingerprint density at radius 1 is 1.26 bits per heavy atom. The SMILES string of the molecule is COc1ccc(Cl)cc1-c1nc(C)nc(CCN)n1. The lowest BCUT2D eigenvalue weighted by Gasteiger charge is -2.09. The van der Waals surface area contributed by atoms with Crippen molar-refractivity contribution in [3.05, 3.63) is 34.9 Å². The number of aryl methyl sites for hydroxylation is 1. The maximum Gasteiger partial charge on any atom is 0.167 e. The summed E-state index contributed by atoms with van der Waals surface area (Å²) < 4.78 is 5.31. The van der Waals surface area contributed by atoms with Gasteiger partial charge < -0.3 is 10.5 Å². The van der Waals surface area contributed by atoms with E-state index in [1.807, 2.05) is 6.92 Å². The summed E-state index contributed by atoms with van der Waals surface area (Å²) in [5.74, 6) is 2.55. The molecule has 100 valence electrons. The van der Waals surface area contributed by atoms with E-state index in [4.69, 9.17) is 22.1 Å². The number of hydrogen-bond acceptors (Lipinski definition) is 5. The Kier molecular flexibility index (Phi) is 4.29. The smallest absolute Gasteiger partial charge is 0.167 e. The molecule has 0 bridgehead atoms. The molecule has 6 heteroatoms. The fraction of sp³-hybridized carbons (Fsp3) is 0.308. The molecule has 5 nitrogen and oxygen atoms in total. The third kappa shape index (κ3) is 3.19. The lowest BCUT2D eigenvalue weighted by molar-refractivity contribution is 0.416. The molecule has 2 aromatic rings. The molecule has 0 saturated carbocycles. The molecule has 0 aliphatic heterocycles. The van der Waals surface area contributed by atoms with Crippen LogP contribution in [0.15, 0.2) is 18.2 Å². The molecule has 0 saturated heterocycles. The Morgan fingerprint density at radius 3 is 2.74 bits per heavy atom. The maximum absolute atomic E-state index is 6.02. The van der Waals surface area contributed by atoms with Crippen LogP contribution in [-0.2, 0) is 6.42 Å². The highest BCUT2D eigenvalue weighted by Crippen LogP contribution is 2.30. The van der Waals surface area contributed by atoms with Crippen molar-refractivity contribution in [2.75, 3.05) is 13.7 Å². The summed E-state index contributed by atoms with van der Waals surface area (Å²) in [7, 11) is 1.60. The molecular formula is C13H15ClN4O. The highest BCUT2D eigenvalue weighted by molar-refractivity contribution is 6.30. The van der Waals surface area contributed by atoms with Gasteiger partial charge in [-0.25, -0.2) is 15.0 Å². The molecule has 0 amide bonds. The van der Waals surface area contributed by atoms with Gasteiger partial charge in [-0.15, -0.1) is 0 Å². The Labute approximate surface area is 116 Å². The first-order valence-corrected chi connectivity index (χ1v) is 6.27. The molecular weight excluding hydrogens is 264 g/mol. The summed E-state index contributed by atoms with van der Waals surface area (Å²) >= 11 is 6.02. The van der Waals surface area contributed by atoms with Crippen molar-refractivity contribution < 1.29 is 4.74 Å². The molecule has 0 radical (unpaired) electrons. The van der Waals surface area contributed by atoms with Crippen LogP contribution in [0, 0.1) is 6.92 Å². The van der Waals surface area contributed by atoms with Gasteiger partial charge >= 0.3 is 0 Å². The molecule has 1 heterocycles. The lowest BCUT2D eigenvalue weighted by Crippen LogP contribution is -2.09. The van der Waals surface area contributed by atoms with Crippen LogP contribution in [0.4, 0.5) is 0 Å². The van der Waals surface area contributed by atoms with Gasteiger partial charge in [0.15, 0.2) is 5.82 Å². The second-order valence-electron chi connectivity index (χ2n) is 4.01. The minimum absolute atomic E-state index is 0.496. The van der Waals surface area contributed by atoms with Crippen molar-refractivity contribution in [3.63, 3.8) is 0 Å². The van der Waals surface area contributed by atoms with Gasteiger partial charge in [-0.2, -0.15) is 0 Å². The van der Waals surface area contributed by atoms with Crippen LogP contribution < -0.4 is 10.5 Å². The van der Waals surface area contributed by atoms with E-state index < -0.39 is 0 Å². The van der Waals surface area contributed by atoms with Gasteiger partial charge in [0.25, 0.3) is 0 Å². The summed E-state index contributed by atoms with van der Waals surface area (Å²) in [4.78, 5) is 13.0. The number of aromatic nitrogens is 3. The summed E-state index contributed by atoms with van der Waals surface area (Å²) in [5, 5.41) is 0.606. The Bertz CT molecular complexity index is 589. The number of methoxy groups -OCH3 is 1. The first-order chi connectivity index (χ1) is 9.13. The first kappa shape index (κ1) is 13.7. The zero-order valence-electron chi connectivity index (χ0n) is 10.9. The third-order valence-corrected chi connectivity index (χ3v) is 2.80. The number of nitrogens with two attached hydrogens (primary N) is 1. The predicted octanol–water partition coefficient (Wildman–Crippen LogP) is 2.01. The molecule has 0 fully saturated rings. The molecule has 0 aliphatic carbocycles. The summed E-state index contributed by atoms with van der Waals surface area (Å²) in [6.07, 6.45) is 0.610. The number of ether oxygens (including phenoxy) is 1. The summed E-state index contributed by atoms with van der Waals surface area (Å²) in [6, 6.07) is 5.33. The first-order valence-electron chi connectivity index (χ1n) is 5.89. The van der Waals surface area contributed by atoms with Crippen LogP contribution in [0.3, 0.4) is 0 Å². The number of halogens is 1. The van der Waals surface area contributed by atoms with E-state index in [-0.39, 0.29) is 0 Å². The fourth-order valence-electron chi connectivity index (χ4n) is 1.75. The molecule has 19 heavy (non-hydrogen) atoms. The van der Waals surface area contributed by atoms with Crippen molar-refractivity contribution >= 4 is 11.6 Å². The van der Waals surface area contributed by atoms with E-state index in [1.54, 1.807) is 25.3 Å². The zero-order chi connectivity index (χ0) is 13.8. The molecule has 0 spiro atoms. The van der Waals surface area contributed by atoms with Crippen LogP contribution in [0.2, 0.25) is 5.02 Å². The predicted molar refractivity (Wildman–Crippen MR) is 74.3 cm³/mol. The zero-order valence-corrected chi connectivity index (χ0v) is 11.6. The number of rotatable bonds is 4. The van der Waals surface area contributed by atoms with Gasteiger partial charge in [0, 0.05) is 11.4 Å². The monoisotopic (exact) mass is 278 g/mol. The standard InChI is InChI=1S/C13H15ClN4O/c1-8-16-12(5-6-15)18-13(17-8)10-7-9(14)3-4-11(10)19-2/h3-4,7H,5-6,15H2,1-2H3. The minimum atomic E-state index is 0.496. The van der Waals surface area contributed by atoms with E-state index in [9.17, 15) is 0 Å². The lowest BCUT2D eigenvalue weighted by atomic mass is 10.2. The minimum Gasteiger partial charge on any atom is -0.496 e. The Hall–Kier alpha value is -1.72. The van der Waals surface area contributed by atoms with E-state index in [1.165, 1.54) is 0 Å². The van der Waals surface area contributed by atoms with Crippen LogP contribution >= 0.6 is 11.6 Å². The van der Waals surface area contributed by atoms with E-state index >= 15 is 0 Å². The van der Waals surface area contributed by atoms with Gasteiger partial charge in [-0.05, 0) is 31.7 Å². The van der Waals surface area contributed by atoms with E-state index in [2.05, 4.69) is 15.0 Å². The molecule has 0 aliphatic rings. The van der Waals surface area contributed by atoms with Gasteiger partial charge in [0.1, 0.15) is 17.4 Å². The fourth-order valence-corrected chi connectivity index (χ4v) is 1.93. The second-order valence-corrected chi connectivity index (χ2v) is 4.44. The van der Waals surface area contributed by atoms with Crippen LogP contribution in [0.1, 0.15) is 11.6 Å². The van der Waals surface area contributed by atoms with Crippen LogP contribution in [0.25, 0.3) is 11.4 Å². The summed E-state index contributed by atoms with van der Waals surface area (Å²) in [5.41, 5.74) is 6.28. The molecule has 2 rings (SSSR count). The van der Waals surface area contributed by atoms with Gasteiger partial charge in [0.2, 0.25) is 0 Å². The largest absolute Gasteiger partial charge is 0.496 e. The van der Waals surface area contributed by atoms with Crippen LogP contribution in [-0.4, -0.2) is 28.6 Å². The van der Waals surface area contributed by atoms with Gasteiger partial charge in [-0.1, -0.05) is 11.6 Å². The quantitative estimate of drug-likeness (QED) is 0.926. The average Bonchev–Trinajstić information content (AvgIpc) is 2.38. The Morgan fingerprint density at radius 2 is 2.05 bits per heavy atom. The van der Waals surface area contributed by atoms with Crippen molar-refractivity contribution in [3.8, 4) is 17.1 Å². The highest BCUT2D eigenvalue weighted by atomic mass is 35.5. The highest BCUT2D eigenvalue weighted by Gasteiger charge is 2.12. The third-order valence-electron chi connectivity index (χ3n) is 2.56.